The normalized spacial score (nSPS) is 15.8. The van der Waals surface area contributed by atoms with Gasteiger partial charge in [0.05, 0.1) is 5.02 Å². The summed E-state index contributed by atoms with van der Waals surface area (Å²) in [5.74, 6) is -0.854. The third kappa shape index (κ3) is 3.18. The first-order valence-electron chi connectivity index (χ1n) is 5.78. The molecular formula is C13H17BrClNO2. The Balaban J connectivity index is 3.04. The standard InChI is InChI=1S/C13H17BrClNO2/c1-4-8(2)13(3,12(17)18)16-9-5-6-11(15)10(14)7-9/h5-8,16H,4H2,1-3H3,(H,17,18). The second-order valence-electron chi connectivity index (χ2n) is 4.57. The topological polar surface area (TPSA) is 49.3 Å². The van der Waals surface area contributed by atoms with Crippen molar-refractivity contribution in [2.24, 2.45) is 5.92 Å². The van der Waals surface area contributed by atoms with E-state index in [2.05, 4.69) is 21.2 Å². The average Bonchev–Trinajstić information content (AvgIpc) is 2.32. The number of hydrogen-bond donors (Lipinski definition) is 2. The molecule has 18 heavy (non-hydrogen) atoms. The number of anilines is 1. The monoisotopic (exact) mass is 333 g/mol. The molecule has 0 aliphatic heterocycles. The number of carbonyl (C=O) groups is 1. The number of carboxylic acids is 1. The summed E-state index contributed by atoms with van der Waals surface area (Å²) in [5, 5.41) is 13.1. The van der Waals surface area contributed by atoms with Gasteiger partial charge in [-0.3, -0.25) is 0 Å². The van der Waals surface area contributed by atoms with Crippen LogP contribution < -0.4 is 5.32 Å². The number of benzene rings is 1. The molecule has 1 aromatic carbocycles. The average molecular weight is 335 g/mol. The first kappa shape index (κ1) is 15.3. The van der Waals surface area contributed by atoms with Crippen LogP contribution in [0.25, 0.3) is 0 Å². The minimum Gasteiger partial charge on any atom is -0.480 e. The van der Waals surface area contributed by atoms with Crippen LogP contribution in [0, 0.1) is 5.92 Å². The third-order valence-electron chi connectivity index (χ3n) is 3.37. The van der Waals surface area contributed by atoms with Gasteiger partial charge >= 0.3 is 5.97 Å². The second kappa shape index (κ2) is 5.93. The molecule has 1 rings (SSSR count). The van der Waals surface area contributed by atoms with Crippen LogP contribution in [-0.2, 0) is 4.79 Å². The molecule has 0 heterocycles. The summed E-state index contributed by atoms with van der Waals surface area (Å²) in [6.07, 6.45) is 0.782. The van der Waals surface area contributed by atoms with Crippen molar-refractivity contribution in [1.29, 1.82) is 0 Å². The van der Waals surface area contributed by atoms with Crippen LogP contribution >= 0.6 is 27.5 Å². The minimum absolute atomic E-state index is 0.00412. The Labute approximate surface area is 121 Å². The van der Waals surface area contributed by atoms with E-state index in [0.29, 0.717) is 5.02 Å². The fraction of sp³-hybridized carbons (Fsp3) is 0.462. The predicted octanol–water partition coefficient (Wildman–Crippen LogP) is 4.40. The molecule has 1 aromatic rings. The van der Waals surface area contributed by atoms with Gasteiger partial charge in [0.25, 0.3) is 0 Å². The number of rotatable bonds is 5. The van der Waals surface area contributed by atoms with Crippen molar-refractivity contribution in [1.82, 2.24) is 0 Å². The van der Waals surface area contributed by atoms with Crippen molar-refractivity contribution in [2.45, 2.75) is 32.7 Å². The van der Waals surface area contributed by atoms with Crippen LogP contribution in [0.2, 0.25) is 5.02 Å². The molecule has 0 aliphatic carbocycles. The lowest BCUT2D eigenvalue weighted by Crippen LogP contribution is -2.48. The zero-order valence-electron chi connectivity index (χ0n) is 10.6. The SMILES string of the molecule is CCC(C)C(C)(Nc1ccc(Cl)c(Br)c1)C(=O)O. The van der Waals surface area contributed by atoms with Crippen LogP contribution in [0.1, 0.15) is 27.2 Å². The molecule has 0 saturated carbocycles. The van der Waals surface area contributed by atoms with E-state index in [9.17, 15) is 9.90 Å². The van der Waals surface area contributed by atoms with Crippen LogP contribution in [0.5, 0.6) is 0 Å². The summed E-state index contributed by atoms with van der Waals surface area (Å²) >= 11 is 9.24. The summed E-state index contributed by atoms with van der Waals surface area (Å²) in [6, 6.07) is 5.29. The summed E-state index contributed by atoms with van der Waals surface area (Å²) < 4.78 is 0.742. The van der Waals surface area contributed by atoms with Crippen LogP contribution in [-0.4, -0.2) is 16.6 Å². The van der Waals surface area contributed by atoms with Gasteiger partial charge in [-0.25, -0.2) is 4.79 Å². The van der Waals surface area contributed by atoms with Crippen LogP contribution in [0.3, 0.4) is 0 Å². The van der Waals surface area contributed by atoms with Crippen molar-refractivity contribution < 1.29 is 9.90 Å². The van der Waals surface area contributed by atoms with Gasteiger partial charge in [-0.1, -0.05) is 31.9 Å². The quantitative estimate of drug-likeness (QED) is 0.839. The molecule has 5 heteroatoms. The molecule has 100 valence electrons. The molecule has 0 fully saturated rings. The summed E-state index contributed by atoms with van der Waals surface area (Å²) in [5.41, 5.74) is -0.265. The Morgan fingerprint density at radius 1 is 1.61 bits per heavy atom. The minimum atomic E-state index is -0.998. The van der Waals surface area contributed by atoms with E-state index in [1.807, 2.05) is 13.8 Å². The predicted molar refractivity (Wildman–Crippen MR) is 78.3 cm³/mol. The van der Waals surface area contributed by atoms with E-state index in [1.54, 1.807) is 25.1 Å². The van der Waals surface area contributed by atoms with E-state index in [-0.39, 0.29) is 5.92 Å². The first-order valence-corrected chi connectivity index (χ1v) is 6.95. The molecular weight excluding hydrogens is 318 g/mol. The summed E-state index contributed by atoms with van der Waals surface area (Å²) in [7, 11) is 0. The van der Waals surface area contributed by atoms with Crippen molar-refractivity contribution in [3.63, 3.8) is 0 Å². The number of hydrogen-bond acceptors (Lipinski definition) is 2. The fourth-order valence-electron chi connectivity index (χ4n) is 1.67. The molecule has 0 spiro atoms. The summed E-state index contributed by atoms with van der Waals surface area (Å²) in [6.45, 7) is 5.60. The Hall–Kier alpha value is -0.740. The Morgan fingerprint density at radius 3 is 2.67 bits per heavy atom. The Morgan fingerprint density at radius 2 is 2.22 bits per heavy atom. The lowest BCUT2D eigenvalue weighted by Gasteiger charge is -2.33. The molecule has 3 nitrogen and oxygen atoms in total. The van der Waals surface area contributed by atoms with E-state index in [1.165, 1.54) is 0 Å². The molecule has 2 unspecified atom stereocenters. The van der Waals surface area contributed by atoms with Crippen molar-refractivity contribution in [3.8, 4) is 0 Å². The molecule has 2 N–H and O–H groups in total. The van der Waals surface area contributed by atoms with Gasteiger partial charge in [0.2, 0.25) is 0 Å². The fourth-order valence-corrected chi connectivity index (χ4v) is 2.17. The third-order valence-corrected chi connectivity index (χ3v) is 4.58. The zero-order chi connectivity index (χ0) is 13.9. The Kier molecular flexibility index (Phi) is 5.05. The highest BCUT2D eigenvalue weighted by atomic mass is 79.9. The van der Waals surface area contributed by atoms with Gasteiger partial charge in [-0.05, 0) is 47.0 Å². The highest BCUT2D eigenvalue weighted by molar-refractivity contribution is 9.10. The van der Waals surface area contributed by atoms with Crippen LogP contribution in [0.15, 0.2) is 22.7 Å². The van der Waals surface area contributed by atoms with Crippen LogP contribution in [0.4, 0.5) is 5.69 Å². The van der Waals surface area contributed by atoms with E-state index < -0.39 is 11.5 Å². The molecule has 0 bridgehead atoms. The van der Waals surface area contributed by atoms with E-state index in [0.717, 1.165) is 16.6 Å². The maximum absolute atomic E-state index is 11.5. The number of halogens is 2. The van der Waals surface area contributed by atoms with Crippen molar-refractivity contribution in [3.05, 3.63) is 27.7 Å². The maximum atomic E-state index is 11.5. The molecule has 0 radical (unpaired) electrons. The summed E-state index contributed by atoms with van der Waals surface area (Å²) in [4.78, 5) is 11.5. The molecule has 0 aromatic heterocycles. The maximum Gasteiger partial charge on any atom is 0.329 e. The Bertz CT molecular complexity index is 453. The zero-order valence-corrected chi connectivity index (χ0v) is 13.0. The van der Waals surface area contributed by atoms with E-state index in [4.69, 9.17) is 11.6 Å². The highest BCUT2D eigenvalue weighted by Gasteiger charge is 2.38. The van der Waals surface area contributed by atoms with Crippen molar-refractivity contribution in [2.75, 3.05) is 5.32 Å². The molecule has 0 saturated heterocycles. The molecule has 0 amide bonds. The van der Waals surface area contributed by atoms with Gasteiger partial charge in [0, 0.05) is 10.2 Å². The largest absolute Gasteiger partial charge is 0.480 e. The van der Waals surface area contributed by atoms with Crippen molar-refractivity contribution >= 4 is 39.2 Å². The van der Waals surface area contributed by atoms with Gasteiger partial charge in [0.1, 0.15) is 5.54 Å². The van der Waals surface area contributed by atoms with E-state index >= 15 is 0 Å². The van der Waals surface area contributed by atoms with Gasteiger partial charge in [-0.15, -0.1) is 0 Å². The molecule has 2 atom stereocenters. The van der Waals surface area contributed by atoms with Gasteiger partial charge in [0.15, 0.2) is 0 Å². The smallest absolute Gasteiger partial charge is 0.329 e. The van der Waals surface area contributed by atoms with Gasteiger partial charge in [-0.2, -0.15) is 0 Å². The molecule has 0 aliphatic rings. The second-order valence-corrected chi connectivity index (χ2v) is 5.83. The van der Waals surface area contributed by atoms with Gasteiger partial charge < -0.3 is 10.4 Å². The number of carboxylic acid groups (broad SMARTS) is 1. The number of nitrogens with one attached hydrogen (secondary N) is 1. The lowest BCUT2D eigenvalue weighted by atomic mass is 9.85. The lowest BCUT2D eigenvalue weighted by molar-refractivity contribution is -0.143. The number of aliphatic carboxylic acids is 1. The first-order chi connectivity index (χ1) is 8.31. The highest BCUT2D eigenvalue weighted by Crippen LogP contribution is 2.30.